The summed E-state index contributed by atoms with van der Waals surface area (Å²) in [6.45, 7) is 1.47. The summed E-state index contributed by atoms with van der Waals surface area (Å²) in [6, 6.07) is 31.1. The normalized spacial score (nSPS) is 14.1. The second-order valence-corrected chi connectivity index (χ2v) is 11.4. The fraction of sp³-hybridized carbons (Fsp3) is 0.189. The molecule has 3 N–H and O–H groups in total. The van der Waals surface area contributed by atoms with Crippen molar-refractivity contribution >= 4 is 47.0 Å². The number of carboxylic acid groups (broad SMARTS) is 1. The average Bonchev–Trinajstić information content (AvgIpc) is 3.09. The van der Waals surface area contributed by atoms with Crippen LogP contribution in [0.4, 0.5) is 5.69 Å². The van der Waals surface area contributed by atoms with Crippen LogP contribution in [0.1, 0.15) is 56.2 Å². The van der Waals surface area contributed by atoms with E-state index in [1.54, 1.807) is 48.5 Å². The molecule has 0 aliphatic carbocycles. The van der Waals surface area contributed by atoms with Crippen LogP contribution in [0.2, 0.25) is 5.02 Å². The number of hydrogen-bond donors (Lipinski definition) is 3. The molecule has 8 nitrogen and oxygen atoms in total. The first-order chi connectivity index (χ1) is 22.3. The van der Waals surface area contributed by atoms with Gasteiger partial charge in [0.25, 0.3) is 11.8 Å². The molecule has 1 heterocycles. The molecule has 4 aromatic carbocycles. The van der Waals surface area contributed by atoms with Gasteiger partial charge in [-0.1, -0.05) is 84.4 Å². The van der Waals surface area contributed by atoms with Gasteiger partial charge >= 0.3 is 5.97 Å². The van der Waals surface area contributed by atoms with Crippen LogP contribution < -0.4 is 10.6 Å². The first kappa shape index (κ1) is 32.2. The molecule has 9 heteroatoms. The molecule has 2 amide bonds. The fourth-order valence-corrected chi connectivity index (χ4v) is 5.75. The smallest absolute Gasteiger partial charge is 0.335 e. The minimum atomic E-state index is -0.954. The van der Waals surface area contributed by atoms with Crippen molar-refractivity contribution in [2.24, 2.45) is 4.99 Å². The number of carbonyl (C=O) groups is 3. The number of hydrogen-bond acceptors (Lipinski definition) is 5. The maximum atomic E-state index is 13.8. The summed E-state index contributed by atoms with van der Waals surface area (Å²) in [5.41, 5.74) is 4.86. The number of likely N-dealkylation sites (tertiary alicyclic amines) is 1. The standard InChI is InChI=1S/C37H35ClN4O4/c1-39-34(28-10-6-3-7-11-28)32(24-40-23-25-8-4-2-5-9-25)35(43)41-30-16-17-33(38)31(22-30)36(44)42-20-18-27(19-21-42)26-12-14-29(15-13-26)37(45)46/h2-17,22,24,27,39H,18-21,23H2,1H3,(H,41,43)(H,45,46). The van der Waals surface area contributed by atoms with Gasteiger partial charge in [0.2, 0.25) is 0 Å². The predicted octanol–water partition coefficient (Wildman–Crippen LogP) is 6.90. The van der Waals surface area contributed by atoms with E-state index in [1.165, 1.54) is 0 Å². The van der Waals surface area contributed by atoms with Gasteiger partial charge in [-0.15, -0.1) is 0 Å². The Morgan fingerprint density at radius 1 is 0.891 bits per heavy atom. The summed E-state index contributed by atoms with van der Waals surface area (Å²) in [4.78, 5) is 44.9. The van der Waals surface area contributed by atoms with E-state index < -0.39 is 5.97 Å². The number of anilines is 1. The number of halogens is 1. The number of nitrogens with one attached hydrogen (secondary N) is 2. The number of aromatic carboxylic acids is 1. The minimum Gasteiger partial charge on any atom is -0.478 e. The van der Waals surface area contributed by atoms with Gasteiger partial charge in [-0.25, -0.2) is 4.79 Å². The number of amides is 2. The third kappa shape index (κ3) is 7.89. The van der Waals surface area contributed by atoms with E-state index in [4.69, 9.17) is 11.6 Å². The molecule has 0 atom stereocenters. The van der Waals surface area contributed by atoms with Gasteiger partial charge in [-0.3, -0.25) is 14.6 Å². The topological polar surface area (TPSA) is 111 Å². The van der Waals surface area contributed by atoms with Gasteiger partial charge in [-0.2, -0.15) is 0 Å². The third-order valence-electron chi connectivity index (χ3n) is 8.03. The largest absolute Gasteiger partial charge is 0.478 e. The van der Waals surface area contributed by atoms with Crippen molar-refractivity contribution < 1.29 is 19.5 Å². The van der Waals surface area contributed by atoms with E-state index in [1.807, 2.05) is 72.8 Å². The number of carbonyl (C=O) groups excluding carboxylic acids is 2. The first-order valence-corrected chi connectivity index (χ1v) is 15.5. The molecule has 1 aliphatic rings. The third-order valence-corrected chi connectivity index (χ3v) is 8.36. The SMILES string of the molecule is CNC(=C(C=NCc1ccccc1)C(=O)Nc1ccc(Cl)c(C(=O)N2CCC(c3ccc(C(=O)O)cc3)CC2)c1)c1ccccc1. The van der Waals surface area contributed by atoms with E-state index in [2.05, 4.69) is 15.6 Å². The first-order valence-electron chi connectivity index (χ1n) is 15.1. The number of rotatable bonds is 10. The Hall–Kier alpha value is -5.21. The van der Waals surface area contributed by atoms with E-state index in [0.717, 1.165) is 29.5 Å². The van der Waals surface area contributed by atoms with Gasteiger partial charge in [-0.05, 0) is 65.8 Å². The summed E-state index contributed by atoms with van der Waals surface area (Å²) >= 11 is 6.51. The van der Waals surface area contributed by atoms with Crippen LogP contribution in [0.15, 0.2) is 114 Å². The molecule has 46 heavy (non-hydrogen) atoms. The zero-order valence-corrected chi connectivity index (χ0v) is 26.2. The second kappa shape index (κ2) is 15.2. The van der Waals surface area contributed by atoms with Crippen molar-refractivity contribution in [3.8, 4) is 0 Å². The van der Waals surface area contributed by atoms with Crippen LogP contribution in [0.25, 0.3) is 5.70 Å². The highest BCUT2D eigenvalue weighted by Gasteiger charge is 2.26. The van der Waals surface area contributed by atoms with E-state index in [-0.39, 0.29) is 23.3 Å². The van der Waals surface area contributed by atoms with Gasteiger partial charge in [0.15, 0.2) is 0 Å². The molecule has 0 saturated carbocycles. The van der Waals surface area contributed by atoms with Crippen LogP contribution in [-0.2, 0) is 11.3 Å². The summed E-state index contributed by atoms with van der Waals surface area (Å²) < 4.78 is 0. The number of carboxylic acids is 1. The molecule has 1 saturated heterocycles. The van der Waals surface area contributed by atoms with Crippen LogP contribution in [-0.4, -0.2) is 54.1 Å². The monoisotopic (exact) mass is 634 g/mol. The molecule has 0 aromatic heterocycles. The van der Waals surface area contributed by atoms with Crippen molar-refractivity contribution in [2.45, 2.75) is 25.3 Å². The summed E-state index contributed by atoms with van der Waals surface area (Å²) in [5, 5.41) is 15.6. The van der Waals surface area contributed by atoms with E-state index in [0.29, 0.717) is 47.2 Å². The molecule has 0 unspecified atom stereocenters. The highest BCUT2D eigenvalue weighted by atomic mass is 35.5. The number of aliphatic imine (C=N–C) groups is 1. The fourth-order valence-electron chi connectivity index (χ4n) is 5.55. The molecule has 0 bridgehead atoms. The molecular weight excluding hydrogens is 600 g/mol. The Labute approximate surface area is 273 Å². The molecule has 5 rings (SSSR count). The van der Waals surface area contributed by atoms with E-state index in [9.17, 15) is 19.5 Å². The summed E-state index contributed by atoms with van der Waals surface area (Å²) in [7, 11) is 1.76. The van der Waals surface area contributed by atoms with Crippen LogP contribution >= 0.6 is 11.6 Å². The van der Waals surface area contributed by atoms with Crippen molar-refractivity contribution in [3.63, 3.8) is 0 Å². The highest BCUT2D eigenvalue weighted by molar-refractivity contribution is 6.34. The Kier molecular flexibility index (Phi) is 10.6. The van der Waals surface area contributed by atoms with Gasteiger partial charge in [0, 0.05) is 32.0 Å². The number of benzene rings is 4. The molecule has 4 aromatic rings. The van der Waals surface area contributed by atoms with Crippen LogP contribution in [0, 0.1) is 0 Å². The molecule has 234 valence electrons. The molecule has 1 aliphatic heterocycles. The lowest BCUT2D eigenvalue weighted by atomic mass is 9.89. The highest BCUT2D eigenvalue weighted by Crippen LogP contribution is 2.30. The quantitative estimate of drug-likeness (QED) is 0.130. The lowest BCUT2D eigenvalue weighted by Gasteiger charge is -2.32. The summed E-state index contributed by atoms with van der Waals surface area (Å²) in [6.07, 6.45) is 3.06. The lowest BCUT2D eigenvalue weighted by Crippen LogP contribution is -2.38. The predicted molar refractivity (Wildman–Crippen MR) is 182 cm³/mol. The Morgan fingerprint density at radius 3 is 2.17 bits per heavy atom. The number of nitrogens with zero attached hydrogens (tertiary/aromatic N) is 2. The Bertz CT molecular complexity index is 1750. The van der Waals surface area contributed by atoms with Crippen molar-refractivity contribution in [2.75, 3.05) is 25.5 Å². The Morgan fingerprint density at radius 2 is 1.54 bits per heavy atom. The van der Waals surface area contributed by atoms with Gasteiger partial charge in [0.05, 0.1) is 34.0 Å². The molecule has 0 radical (unpaired) electrons. The van der Waals surface area contributed by atoms with Crippen molar-refractivity contribution in [3.05, 3.63) is 142 Å². The molecular formula is C37H35ClN4O4. The second-order valence-electron chi connectivity index (χ2n) is 11.0. The zero-order valence-electron chi connectivity index (χ0n) is 25.4. The lowest BCUT2D eigenvalue weighted by molar-refractivity contribution is -0.112. The van der Waals surface area contributed by atoms with Crippen LogP contribution in [0.5, 0.6) is 0 Å². The Balaban J connectivity index is 1.32. The summed E-state index contributed by atoms with van der Waals surface area (Å²) in [5.74, 6) is -1.32. The van der Waals surface area contributed by atoms with Crippen molar-refractivity contribution in [1.82, 2.24) is 10.2 Å². The minimum absolute atomic E-state index is 0.207. The van der Waals surface area contributed by atoms with E-state index >= 15 is 0 Å². The van der Waals surface area contributed by atoms with Gasteiger partial charge < -0.3 is 20.6 Å². The number of piperidine rings is 1. The van der Waals surface area contributed by atoms with Crippen molar-refractivity contribution in [1.29, 1.82) is 0 Å². The average molecular weight is 635 g/mol. The van der Waals surface area contributed by atoms with Gasteiger partial charge in [0.1, 0.15) is 0 Å². The molecule has 0 spiro atoms. The maximum absolute atomic E-state index is 13.8. The van der Waals surface area contributed by atoms with Crippen LogP contribution in [0.3, 0.4) is 0 Å². The zero-order chi connectivity index (χ0) is 32.5. The maximum Gasteiger partial charge on any atom is 0.335 e. The molecule has 1 fully saturated rings.